The van der Waals surface area contributed by atoms with Gasteiger partial charge in [0.15, 0.2) is 6.61 Å². The standard InChI is InChI=1S/C23H19ClN4O3/c1-2-20-25-26-21(31-20)15-30-22(29)13-10-17-14-28(19-6-4-3-5-7-19)27-23(17)16-8-11-18(24)12-9-16/h3-14H,2,15H2,1H3/b13-10+. The second-order valence-corrected chi connectivity index (χ2v) is 7.04. The van der Waals surface area contributed by atoms with Crippen LogP contribution in [0.2, 0.25) is 5.02 Å². The first kappa shape index (κ1) is 20.6. The van der Waals surface area contributed by atoms with Crippen molar-refractivity contribution in [1.29, 1.82) is 0 Å². The number of hydrogen-bond acceptors (Lipinski definition) is 6. The molecule has 0 unspecified atom stereocenters. The van der Waals surface area contributed by atoms with Crippen LogP contribution in [-0.2, 0) is 22.6 Å². The monoisotopic (exact) mass is 434 g/mol. The van der Waals surface area contributed by atoms with Crippen LogP contribution < -0.4 is 0 Å². The van der Waals surface area contributed by atoms with E-state index in [0.29, 0.717) is 23.0 Å². The zero-order chi connectivity index (χ0) is 21.6. The second-order valence-electron chi connectivity index (χ2n) is 6.60. The molecular formula is C23H19ClN4O3. The lowest BCUT2D eigenvalue weighted by molar-refractivity contribution is -0.139. The normalized spacial score (nSPS) is 11.2. The van der Waals surface area contributed by atoms with Gasteiger partial charge in [0.25, 0.3) is 5.89 Å². The van der Waals surface area contributed by atoms with E-state index in [1.807, 2.05) is 55.6 Å². The van der Waals surface area contributed by atoms with Gasteiger partial charge in [0.1, 0.15) is 0 Å². The number of nitrogens with zero attached hydrogens (tertiary/aromatic N) is 4. The zero-order valence-corrected chi connectivity index (χ0v) is 17.5. The second kappa shape index (κ2) is 9.40. The maximum absolute atomic E-state index is 12.2. The average Bonchev–Trinajstić information content (AvgIpc) is 3.44. The van der Waals surface area contributed by atoms with Crippen LogP contribution in [0.5, 0.6) is 0 Å². The molecule has 4 rings (SSSR count). The Kier molecular flexibility index (Phi) is 6.24. The lowest BCUT2D eigenvalue weighted by Crippen LogP contribution is -2.01. The molecule has 0 amide bonds. The Bertz CT molecular complexity index is 1200. The number of hydrogen-bond donors (Lipinski definition) is 0. The summed E-state index contributed by atoms with van der Waals surface area (Å²) >= 11 is 6.02. The van der Waals surface area contributed by atoms with Crippen LogP contribution in [0.4, 0.5) is 0 Å². The summed E-state index contributed by atoms with van der Waals surface area (Å²) in [5.41, 5.74) is 3.26. The largest absolute Gasteiger partial charge is 0.452 e. The van der Waals surface area contributed by atoms with Crippen LogP contribution in [0, 0.1) is 0 Å². The molecule has 0 spiro atoms. The maximum Gasteiger partial charge on any atom is 0.331 e. The summed E-state index contributed by atoms with van der Waals surface area (Å²) in [5.74, 6) is 0.241. The molecular weight excluding hydrogens is 416 g/mol. The summed E-state index contributed by atoms with van der Waals surface area (Å²) in [5, 5.41) is 13.0. The molecule has 0 atom stereocenters. The predicted octanol–water partition coefficient (Wildman–Crippen LogP) is 4.89. The molecule has 0 radical (unpaired) electrons. The molecule has 8 heteroatoms. The summed E-state index contributed by atoms with van der Waals surface area (Å²) in [4.78, 5) is 12.2. The fourth-order valence-corrected chi connectivity index (χ4v) is 3.01. The van der Waals surface area contributed by atoms with Crippen LogP contribution in [0.3, 0.4) is 0 Å². The average molecular weight is 435 g/mol. The highest BCUT2D eigenvalue weighted by molar-refractivity contribution is 6.30. The van der Waals surface area contributed by atoms with Crippen molar-refractivity contribution in [2.45, 2.75) is 20.0 Å². The van der Waals surface area contributed by atoms with Crippen molar-refractivity contribution in [1.82, 2.24) is 20.0 Å². The van der Waals surface area contributed by atoms with Crippen LogP contribution in [-0.4, -0.2) is 25.9 Å². The third-order valence-electron chi connectivity index (χ3n) is 4.43. The molecule has 0 bridgehead atoms. The minimum Gasteiger partial charge on any atom is -0.452 e. The Morgan fingerprint density at radius 3 is 2.55 bits per heavy atom. The van der Waals surface area contributed by atoms with E-state index in [1.165, 1.54) is 6.08 Å². The Hall–Kier alpha value is -3.71. The van der Waals surface area contributed by atoms with E-state index in [0.717, 1.165) is 16.8 Å². The smallest absolute Gasteiger partial charge is 0.331 e. The fourth-order valence-electron chi connectivity index (χ4n) is 2.88. The van der Waals surface area contributed by atoms with E-state index in [1.54, 1.807) is 22.9 Å². The van der Waals surface area contributed by atoms with Crippen molar-refractivity contribution >= 4 is 23.6 Å². The fraction of sp³-hybridized carbons (Fsp3) is 0.130. The molecule has 0 saturated heterocycles. The number of carbonyl (C=O) groups excluding carboxylic acids is 1. The molecule has 4 aromatic rings. The summed E-state index contributed by atoms with van der Waals surface area (Å²) < 4.78 is 12.3. The summed E-state index contributed by atoms with van der Waals surface area (Å²) in [6, 6.07) is 17.1. The maximum atomic E-state index is 12.2. The molecule has 0 N–H and O–H groups in total. The van der Waals surface area contributed by atoms with Gasteiger partial charge in [-0.2, -0.15) is 5.10 Å². The molecule has 2 aromatic carbocycles. The minimum atomic E-state index is -0.522. The summed E-state index contributed by atoms with van der Waals surface area (Å²) in [7, 11) is 0. The van der Waals surface area contributed by atoms with Crippen LogP contribution in [0.25, 0.3) is 23.0 Å². The molecule has 0 aliphatic carbocycles. The highest BCUT2D eigenvalue weighted by Gasteiger charge is 2.12. The van der Waals surface area contributed by atoms with Gasteiger partial charge in [-0.05, 0) is 30.3 Å². The number of esters is 1. The van der Waals surface area contributed by atoms with Crippen molar-refractivity contribution in [3.8, 4) is 16.9 Å². The molecule has 2 heterocycles. The Morgan fingerprint density at radius 2 is 1.84 bits per heavy atom. The highest BCUT2D eigenvalue weighted by Crippen LogP contribution is 2.26. The number of para-hydroxylation sites is 1. The summed E-state index contributed by atoms with van der Waals surface area (Å²) in [6.07, 6.45) is 5.50. The first-order valence-electron chi connectivity index (χ1n) is 9.69. The van der Waals surface area contributed by atoms with Crippen molar-refractivity contribution in [3.63, 3.8) is 0 Å². The van der Waals surface area contributed by atoms with Crippen molar-refractivity contribution in [3.05, 3.63) is 89.2 Å². The third-order valence-corrected chi connectivity index (χ3v) is 4.68. The van der Waals surface area contributed by atoms with E-state index < -0.39 is 5.97 Å². The molecule has 0 aliphatic rings. The number of carbonyl (C=O) groups is 1. The number of halogens is 1. The number of aryl methyl sites for hydroxylation is 1. The number of ether oxygens (including phenoxy) is 1. The predicted molar refractivity (Wildman–Crippen MR) is 117 cm³/mol. The Labute approximate surface area is 183 Å². The molecule has 0 saturated carbocycles. The van der Waals surface area contributed by atoms with Gasteiger partial charge in [0.2, 0.25) is 5.89 Å². The third kappa shape index (κ3) is 5.07. The SMILES string of the molecule is CCc1nnc(COC(=O)/C=C/c2cn(-c3ccccc3)nc2-c2ccc(Cl)cc2)o1. The van der Waals surface area contributed by atoms with E-state index in [2.05, 4.69) is 10.2 Å². The van der Waals surface area contributed by atoms with Gasteiger partial charge in [-0.15, -0.1) is 10.2 Å². The van der Waals surface area contributed by atoms with E-state index in [4.69, 9.17) is 25.9 Å². The topological polar surface area (TPSA) is 83.0 Å². The molecule has 0 fully saturated rings. The van der Waals surface area contributed by atoms with Gasteiger partial charge in [-0.3, -0.25) is 0 Å². The van der Waals surface area contributed by atoms with Crippen molar-refractivity contribution in [2.24, 2.45) is 0 Å². The Morgan fingerprint density at radius 1 is 1.10 bits per heavy atom. The number of rotatable bonds is 7. The first-order chi connectivity index (χ1) is 15.1. The molecule has 156 valence electrons. The van der Waals surface area contributed by atoms with E-state index >= 15 is 0 Å². The first-order valence-corrected chi connectivity index (χ1v) is 10.1. The minimum absolute atomic E-state index is 0.0799. The highest BCUT2D eigenvalue weighted by atomic mass is 35.5. The zero-order valence-electron chi connectivity index (χ0n) is 16.7. The van der Waals surface area contributed by atoms with Crippen LogP contribution >= 0.6 is 11.6 Å². The Balaban J connectivity index is 1.56. The van der Waals surface area contributed by atoms with Gasteiger partial charge in [-0.25, -0.2) is 9.48 Å². The molecule has 31 heavy (non-hydrogen) atoms. The van der Waals surface area contributed by atoms with Gasteiger partial charge < -0.3 is 9.15 Å². The van der Waals surface area contributed by atoms with Gasteiger partial charge in [0.05, 0.1) is 11.4 Å². The quantitative estimate of drug-likeness (QED) is 0.304. The number of aromatic nitrogens is 4. The van der Waals surface area contributed by atoms with Gasteiger partial charge in [-0.1, -0.05) is 48.9 Å². The van der Waals surface area contributed by atoms with Crippen molar-refractivity contribution in [2.75, 3.05) is 0 Å². The van der Waals surface area contributed by atoms with Crippen molar-refractivity contribution < 1.29 is 13.9 Å². The van der Waals surface area contributed by atoms with Crippen LogP contribution in [0.1, 0.15) is 24.3 Å². The molecule has 7 nitrogen and oxygen atoms in total. The van der Waals surface area contributed by atoms with Crippen LogP contribution in [0.15, 0.2) is 71.3 Å². The summed E-state index contributed by atoms with van der Waals surface area (Å²) in [6.45, 7) is 1.82. The lowest BCUT2D eigenvalue weighted by Gasteiger charge is -2.01. The molecule has 2 aromatic heterocycles. The van der Waals surface area contributed by atoms with E-state index in [-0.39, 0.29) is 12.5 Å². The number of benzene rings is 2. The molecule has 0 aliphatic heterocycles. The van der Waals surface area contributed by atoms with Gasteiger partial charge >= 0.3 is 5.97 Å². The van der Waals surface area contributed by atoms with E-state index in [9.17, 15) is 4.79 Å². The van der Waals surface area contributed by atoms with Gasteiger partial charge in [0, 0.05) is 34.8 Å². The lowest BCUT2D eigenvalue weighted by atomic mass is 10.1.